The number of carbonyl (C=O) groups is 2. The van der Waals surface area contributed by atoms with Crippen LogP contribution in [0.3, 0.4) is 0 Å². The molecule has 0 aromatic rings. The molecule has 0 aliphatic carbocycles. The summed E-state index contributed by atoms with van der Waals surface area (Å²) in [6, 6.07) is 0. The molecule has 1 amide bonds. The van der Waals surface area contributed by atoms with E-state index < -0.39 is 35.9 Å². The number of esters is 1. The van der Waals surface area contributed by atoms with Gasteiger partial charge in [-0.1, -0.05) is 0 Å². The van der Waals surface area contributed by atoms with Crippen molar-refractivity contribution < 1.29 is 27.8 Å². The molecule has 0 spiro atoms. The van der Waals surface area contributed by atoms with E-state index in [0.717, 1.165) is 0 Å². The normalized spacial score (nSPS) is 22.4. The average molecular weight is 307 g/mol. The number of hydrogen-bond acceptors (Lipinski definition) is 4. The third-order valence-electron chi connectivity index (χ3n) is 3.35. The standard InChI is InChI=1S/C14H23F2NO4/c1-13(2,3)21-12(19)17-7-5-10(9-11(18)20-4)14(15,16)6-8-17/h10H,5-9H2,1-4H3. The van der Waals surface area contributed by atoms with Crippen molar-refractivity contribution >= 4 is 12.1 Å². The van der Waals surface area contributed by atoms with E-state index in [0.29, 0.717) is 0 Å². The molecule has 5 nitrogen and oxygen atoms in total. The van der Waals surface area contributed by atoms with Crippen molar-refractivity contribution in [1.82, 2.24) is 4.90 Å². The number of methoxy groups -OCH3 is 1. The molecular weight excluding hydrogens is 284 g/mol. The van der Waals surface area contributed by atoms with Crippen LogP contribution in [0.2, 0.25) is 0 Å². The lowest BCUT2D eigenvalue weighted by Crippen LogP contribution is -2.37. The minimum Gasteiger partial charge on any atom is -0.469 e. The first-order valence-corrected chi connectivity index (χ1v) is 6.98. The Balaban J connectivity index is 2.70. The molecular formula is C14H23F2NO4. The van der Waals surface area contributed by atoms with Crippen molar-refractivity contribution in [1.29, 1.82) is 0 Å². The first-order valence-electron chi connectivity index (χ1n) is 6.98. The number of nitrogens with zero attached hydrogens (tertiary/aromatic N) is 1. The van der Waals surface area contributed by atoms with Crippen molar-refractivity contribution in [3.05, 3.63) is 0 Å². The molecule has 1 saturated heterocycles. The molecule has 1 fully saturated rings. The largest absolute Gasteiger partial charge is 0.469 e. The minimum absolute atomic E-state index is 0.0430. The Morgan fingerprint density at radius 1 is 1.29 bits per heavy atom. The fourth-order valence-corrected chi connectivity index (χ4v) is 2.17. The Morgan fingerprint density at radius 2 is 1.90 bits per heavy atom. The second kappa shape index (κ2) is 6.58. The Kier molecular flexibility index (Phi) is 5.53. The topological polar surface area (TPSA) is 55.8 Å². The van der Waals surface area contributed by atoms with Crippen LogP contribution in [0, 0.1) is 5.92 Å². The lowest BCUT2D eigenvalue weighted by Gasteiger charge is -2.26. The number of halogens is 2. The summed E-state index contributed by atoms with van der Waals surface area (Å²) in [4.78, 5) is 24.4. The van der Waals surface area contributed by atoms with Gasteiger partial charge in [0.2, 0.25) is 0 Å². The SMILES string of the molecule is COC(=O)CC1CCN(C(=O)OC(C)(C)C)CCC1(F)F. The van der Waals surface area contributed by atoms with Gasteiger partial charge in [0.05, 0.1) is 13.5 Å². The third kappa shape index (κ3) is 5.47. The number of rotatable bonds is 2. The molecule has 0 aromatic carbocycles. The second-order valence-electron chi connectivity index (χ2n) is 6.24. The van der Waals surface area contributed by atoms with Crippen LogP contribution < -0.4 is 0 Å². The van der Waals surface area contributed by atoms with Crippen molar-refractivity contribution in [3.8, 4) is 0 Å². The maximum absolute atomic E-state index is 14.0. The molecule has 0 radical (unpaired) electrons. The zero-order chi connectivity index (χ0) is 16.3. The summed E-state index contributed by atoms with van der Waals surface area (Å²) in [5.74, 6) is -4.77. The Bertz CT molecular complexity index is 393. The van der Waals surface area contributed by atoms with Crippen molar-refractivity contribution in [3.63, 3.8) is 0 Å². The zero-order valence-corrected chi connectivity index (χ0v) is 12.9. The monoisotopic (exact) mass is 307 g/mol. The van der Waals surface area contributed by atoms with Gasteiger partial charge in [-0.05, 0) is 27.2 Å². The second-order valence-corrected chi connectivity index (χ2v) is 6.24. The number of carbonyl (C=O) groups excluding carboxylic acids is 2. The molecule has 1 unspecified atom stereocenters. The molecule has 7 heteroatoms. The lowest BCUT2D eigenvalue weighted by atomic mass is 9.93. The molecule has 1 rings (SSSR count). The first kappa shape index (κ1) is 17.7. The Morgan fingerprint density at radius 3 is 2.43 bits per heavy atom. The summed E-state index contributed by atoms with van der Waals surface area (Å²) in [6.45, 7) is 5.22. The number of hydrogen-bond donors (Lipinski definition) is 0. The number of alkyl halides is 2. The quantitative estimate of drug-likeness (QED) is 0.736. The maximum atomic E-state index is 14.0. The van der Waals surface area contributed by atoms with Crippen LogP contribution in [0.1, 0.15) is 40.0 Å². The molecule has 0 N–H and O–H groups in total. The highest BCUT2D eigenvalue weighted by molar-refractivity contribution is 5.70. The molecule has 1 aliphatic heterocycles. The summed E-state index contributed by atoms with van der Waals surface area (Å²) in [5, 5.41) is 0. The molecule has 1 heterocycles. The zero-order valence-electron chi connectivity index (χ0n) is 12.9. The molecule has 122 valence electrons. The highest BCUT2D eigenvalue weighted by Gasteiger charge is 2.43. The predicted molar refractivity (Wildman–Crippen MR) is 72.1 cm³/mol. The number of likely N-dealkylation sites (tertiary alicyclic amines) is 1. The maximum Gasteiger partial charge on any atom is 0.410 e. The van der Waals surface area contributed by atoms with Crippen molar-refractivity contribution in [2.45, 2.75) is 51.6 Å². The fourth-order valence-electron chi connectivity index (χ4n) is 2.17. The van der Waals surface area contributed by atoms with Gasteiger partial charge in [-0.25, -0.2) is 13.6 Å². The summed E-state index contributed by atoms with van der Waals surface area (Å²) in [6.07, 6.45) is -1.38. The van der Waals surface area contributed by atoms with Crippen LogP contribution in [0.15, 0.2) is 0 Å². The van der Waals surface area contributed by atoms with E-state index >= 15 is 0 Å². The summed E-state index contributed by atoms with van der Waals surface area (Å²) in [7, 11) is 1.17. The van der Waals surface area contributed by atoms with Gasteiger partial charge >= 0.3 is 12.1 Å². The van der Waals surface area contributed by atoms with Crippen LogP contribution in [0.4, 0.5) is 13.6 Å². The predicted octanol–water partition coefficient (Wildman–Crippen LogP) is 2.83. The van der Waals surface area contributed by atoms with E-state index in [-0.39, 0.29) is 25.9 Å². The van der Waals surface area contributed by atoms with Gasteiger partial charge in [-0.2, -0.15) is 0 Å². The Labute approximate surface area is 123 Å². The highest BCUT2D eigenvalue weighted by Crippen LogP contribution is 2.36. The van der Waals surface area contributed by atoms with Crippen molar-refractivity contribution in [2.75, 3.05) is 20.2 Å². The van der Waals surface area contributed by atoms with Gasteiger partial charge < -0.3 is 14.4 Å². The molecule has 0 bridgehead atoms. The highest BCUT2D eigenvalue weighted by atomic mass is 19.3. The first-order chi connectivity index (χ1) is 9.55. The van der Waals surface area contributed by atoms with Gasteiger partial charge in [0.25, 0.3) is 5.92 Å². The third-order valence-corrected chi connectivity index (χ3v) is 3.35. The molecule has 0 aromatic heterocycles. The molecule has 1 atom stereocenters. The Hall–Kier alpha value is -1.40. The summed E-state index contributed by atoms with van der Waals surface area (Å²) >= 11 is 0. The van der Waals surface area contributed by atoms with Gasteiger partial charge in [-0.15, -0.1) is 0 Å². The van der Waals surface area contributed by atoms with Crippen LogP contribution in [0.25, 0.3) is 0 Å². The van der Waals surface area contributed by atoms with E-state index in [2.05, 4.69) is 4.74 Å². The van der Waals surface area contributed by atoms with E-state index in [9.17, 15) is 18.4 Å². The van der Waals surface area contributed by atoms with Gasteiger partial charge in [0.1, 0.15) is 5.60 Å². The van der Waals surface area contributed by atoms with Gasteiger partial charge in [0, 0.05) is 25.4 Å². The van der Waals surface area contributed by atoms with Crippen LogP contribution in [-0.4, -0.2) is 48.7 Å². The average Bonchev–Trinajstić information content (AvgIpc) is 2.47. The number of ether oxygens (including phenoxy) is 2. The van der Waals surface area contributed by atoms with Crippen LogP contribution in [-0.2, 0) is 14.3 Å². The fraction of sp³-hybridized carbons (Fsp3) is 0.857. The van der Waals surface area contributed by atoms with E-state index in [4.69, 9.17) is 4.74 Å². The van der Waals surface area contributed by atoms with E-state index in [1.807, 2.05) is 0 Å². The minimum atomic E-state index is -3.00. The van der Waals surface area contributed by atoms with Crippen LogP contribution in [0.5, 0.6) is 0 Å². The lowest BCUT2D eigenvalue weighted by molar-refractivity contribution is -0.146. The van der Waals surface area contributed by atoms with Gasteiger partial charge in [-0.3, -0.25) is 4.79 Å². The summed E-state index contributed by atoms with van der Waals surface area (Å²) < 4.78 is 37.7. The molecule has 1 aliphatic rings. The smallest absolute Gasteiger partial charge is 0.410 e. The molecule has 0 saturated carbocycles. The molecule has 21 heavy (non-hydrogen) atoms. The summed E-state index contributed by atoms with van der Waals surface area (Å²) in [5.41, 5.74) is -0.669. The van der Waals surface area contributed by atoms with E-state index in [1.54, 1.807) is 20.8 Å². The van der Waals surface area contributed by atoms with Gasteiger partial charge in [0.15, 0.2) is 0 Å². The van der Waals surface area contributed by atoms with E-state index in [1.165, 1.54) is 12.0 Å². The number of amides is 1. The van der Waals surface area contributed by atoms with Crippen molar-refractivity contribution in [2.24, 2.45) is 5.92 Å². The van der Waals surface area contributed by atoms with Crippen LogP contribution >= 0.6 is 0 Å².